The summed E-state index contributed by atoms with van der Waals surface area (Å²) >= 11 is 0. The van der Waals surface area contributed by atoms with Gasteiger partial charge in [-0.1, -0.05) is 26.2 Å². The summed E-state index contributed by atoms with van der Waals surface area (Å²) in [4.78, 5) is 14.9. The van der Waals surface area contributed by atoms with Gasteiger partial charge in [0.2, 0.25) is 11.7 Å². The Labute approximate surface area is 186 Å². The molecule has 2 N–H and O–H groups in total. The SMILES string of the molecule is CCCCNC(=O)CN1CCC2(O)CCCCC2C1c1cc(OC)c(OC)c(OC)c1. The van der Waals surface area contributed by atoms with Gasteiger partial charge in [0.25, 0.3) is 0 Å². The normalized spacial score (nSPS) is 26.1. The molecule has 0 bridgehead atoms. The van der Waals surface area contributed by atoms with Gasteiger partial charge in [0.05, 0.1) is 33.5 Å². The molecule has 1 saturated heterocycles. The van der Waals surface area contributed by atoms with Crippen molar-refractivity contribution in [3.63, 3.8) is 0 Å². The molecule has 1 amide bonds. The summed E-state index contributed by atoms with van der Waals surface area (Å²) in [6.45, 7) is 3.81. The minimum Gasteiger partial charge on any atom is -0.493 e. The molecule has 2 fully saturated rings. The summed E-state index contributed by atoms with van der Waals surface area (Å²) in [5, 5.41) is 14.5. The number of unbranched alkanes of at least 4 members (excludes halogenated alkanes) is 1. The fraction of sp³-hybridized carbons (Fsp3) is 0.708. The highest BCUT2D eigenvalue weighted by molar-refractivity contribution is 5.78. The molecule has 3 unspecified atom stereocenters. The molecule has 31 heavy (non-hydrogen) atoms. The first-order chi connectivity index (χ1) is 15.0. The van der Waals surface area contributed by atoms with E-state index < -0.39 is 5.60 Å². The number of carbonyl (C=O) groups is 1. The zero-order valence-electron chi connectivity index (χ0n) is 19.4. The summed E-state index contributed by atoms with van der Waals surface area (Å²) in [5.74, 6) is 1.82. The fourth-order valence-corrected chi connectivity index (χ4v) is 5.28. The van der Waals surface area contributed by atoms with E-state index in [2.05, 4.69) is 17.1 Å². The van der Waals surface area contributed by atoms with Crippen LogP contribution in [0.5, 0.6) is 17.2 Å². The molecule has 0 spiro atoms. The van der Waals surface area contributed by atoms with Crippen LogP contribution in [0.15, 0.2) is 12.1 Å². The number of hydrogen-bond donors (Lipinski definition) is 2. The van der Waals surface area contributed by atoms with Crippen LogP contribution in [0, 0.1) is 5.92 Å². The van der Waals surface area contributed by atoms with Crippen molar-refractivity contribution < 1.29 is 24.1 Å². The number of nitrogens with zero attached hydrogens (tertiary/aromatic N) is 1. The molecular formula is C24H38N2O5. The third kappa shape index (κ3) is 5.09. The number of carbonyl (C=O) groups excluding carboxylic acids is 1. The highest BCUT2D eigenvalue weighted by Crippen LogP contribution is 2.51. The lowest BCUT2D eigenvalue weighted by atomic mass is 9.66. The van der Waals surface area contributed by atoms with Crippen molar-refractivity contribution in [3.8, 4) is 17.2 Å². The van der Waals surface area contributed by atoms with Gasteiger partial charge in [-0.15, -0.1) is 0 Å². The molecule has 1 aromatic carbocycles. The molecule has 174 valence electrons. The number of hydrogen-bond acceptors (Lipinski definition) is 6. The number of amides is 1. The van der Waals surface area contributed by atoms with Gasteiger partial charge in [-0.3, -0.25) is 9.69 Å². The highest BCUT2D eigenvalue weighted by atomic mass is 16.5. The number of likely N-dealkylation sites (tertiary alicyclic amines) is 1. The highest BCUT2D eigenvalue weighted by Gasteiger charge is 2.49. The van der Waals surface area contributed by atoms with E-state index in [9.17, 15) is 9.90 Å². The van der Waals surface area contributed by atoms with Gasteiger partial charge in [0.1, 0.15) is 0 Å². The van der Waals surface area contributed by atoms with E-state index in [0.29, 0.717) is 43.3 Å². The van der Waals surface area contributed by atoms with Crippen molar-refractivity contribution in [3.05, 3.63) is 17.7 Å². The maximum absolute atomic E-state index is 12.7. The molecule has 1 aromatic rings. The van der Waals surface area contributed by atoms with Crippen LogP contribution < -0.4 is 19.5 Å². The van der Waals surface area contributed by atoms with Gasteiger partial charge in [0, 0.05) is 25.0 Å². The van der Waals surface area contributed by atoms with Gasteiger partial charge < -0.3 is 24.6 Å². The first-order valence-corrected chi connectivity index (χ1v) is 11.5. The van der Waals surface area contributed by atoms with Crippen molar-refractivity contribution in [1.82, 2.24) is 10.2 Å². The maximum atomic E-state index is 12.7. The van der Waals surface area contributed by atoms with Crippen LogP contribution in [-0.2, 0) is 4.79 Å². The van der Waals surface area contributed by atoms with Gasteiger partial charge in [-0.2, -0.15) is 0 Å². The lowest BCUT2D eigenvalue weighted by molar-refractivity contribution is -0.137. The number of rotatable bonds is 9. The summed E-state index contributed by atoms with van der Waals surface area (Å²) in [6, 6.07) is 3.84. The molecule has 1 saturated carbocycles. The number of piperidine rings is 1. The van der Waals surface area contributed by atoms with Crippen molar-refractivity contribution >= 4 is 5.91 Å². The molecular weight excluding hydrogens is 396 g/mol. The van der Waals surface area contributed by atoms with Gasteiger partial charge in [0.15, 0.2) is 11.5 Å². The zero-order chi connectivity index (χ0) is 22.4. The van der Waals surface area contributed by atoms with Crippen LogP contribution in [0.4, 0.5) is 0 Å². The minimum atomic E-state index is -0.696. The molecule has 1 aliphatic carbocycles. The van der Waals surface area contributed by atoms with E-state index >= 15 is 0 Å². The number of nitrogens with one attached hydrogen (secondary N) is 1. The topological polar surface area (TPSA) is 80.3 Å². The molecule has 1 heterocycles. The van der Waals surface area contributed by atoms with E-state index in [1.165, 1.54) is 0 Å². The Hall–Kier alpha value is -1.99. The predicted molar refractivity (Wildman–Crippen MR) is 120 cm³/mol. The Balaban J connectivity index is 1.96. The average molecular weight is 435 g/mol. The van der Waals surface area contributed by atoms with Crippen molar-refractivity contribution in [1.29, 1.82) is 0 Å². The van der Waals surface area contributed by atoms with Crippen LogP contribution in [0.1, 0.15) is 63.5 Å². The van der Waals surface area contributed by atoms with Crippen LogP contribution >= 0.6 is 0 Å². The number of methoxy groups -OCH3 is 3. The Morgan fingerprint density at radius 3 is 2.48 bits per heavy atom. The summed E-state index contributed by atoms with van der Waals surface area (Å²) < 4.78 is 16.7. The Kier molecular flexibility index (Phi) is 8.06. The summed E-state index contributed by atoms with van der Waals surface area (Å²) in [5.41, 5.74) is 0.291. The smallest absolute Gasteiger partial charge is 0.234 e. The van der Waals surface area contributed by atoms with E-state index in [-0.39, 0.29) is 17.9 Å². The standard InChI is InChI=1S/C24H38N2O5/c1-5-6-12-25-21(27)16-26-13-11-24(28)10-8-7-9-18(24)22(26)17-14-19(29-2)23(31-4)20(15-17)30-3/h14-15,18,22,28H,5-13,16H2,1-4H3,(H,25,27). The molecule has 0 radical (unpaired) electrons. The third-order valence-electron chi connectivity index (χ3n) is 6.90. The second-order valence-electron chi connectivity index (χ2n) is 8.78. The Morgan fingerprint density at radius 2 is 1.87 bits per heavy atom. The molecule has 2 aliphatic rings. The summed E-state index contributed by atoms with van der Waals surface area (Å²) in [6.07, 6.45) is 6.61. The minimum absolute atomic E-state index is 0.0344. The van der Waals surface area contributed by atoms with Gasteiger partial charge in [-0.05, 0) is 43.4 Å². The number of ether oxygens (including phenoxy) is 3. The lowest BCUT2D eigenvalue weighted by Gasteiger charge is -2.52. The Morgan fingerprint density at radius 1 is 1.16 bits per heavy atom. The maximum Gasteiger partial charge on any atom is 0.234 e. The van der Waals surface area contributed by atoms with E-state index in [4.69, 9.17) is 14.2 Å². The molecule has 7 heteroatoms. The number of fused-ring (bicyclic) bond motifs is 1. The van der Waals surface area contributed by atoms with Crippen molar-refractivity contribution in [2.45, 2.75) is 63.5 Å². The molecule has 3 atom stereocenters. The number of benzene rings is 1. The zero-order valence-corrected chi connectivity index (χ0v) is 19.4. The first-order valence-electron chi connectivity index (χ1n) is 11.5. The molecule has 0 aromatic heterocycles. The van der Waals surface area contributed by atoms with Crippen LogP contribution in [0.3, 0.4) is 0 Å². The molecule has 3 rings (SSSR count). The predicted octanol–water partition coefficient (Wildman–Crippen LogP) is 3.30. The van der Waals surface area contributed by atoms with Crippen molar-refractivity contribution in [2.75, 3.05) is 41.0 Å². The van der Waals surface area contributed by atoms with Crippen LogP contribution in [0.2, 0.25) is 0 Å². The monoisotopic (exact) mass is 434 g/mol. The second kappa shape index (κ2) is 10.6. The average Bonchev–Trinajstić information content (AvgIpc) is 2.78. The number of aliphatic hydroxyl groups is 1. The van der Waals surface area contributed by atoms with E-state index in [1.54, 1.807) is 21.3 Å². The lowest BCUT2D eigenvalue weighted by Crippen LogP contribution is -2.56. The van der Waals surface area contributed by atoms with Crippen LogP contribution in [0.25, 0.3) is 0 Å². The summed E-state index contributed by atoms with van der Waals surface area (Å²) in [7, 11) is 4.81. The van der Waals surface area contributed by atoms with E-state index in [0.717, 1.165) is 44.1 Å². The quantitative estimate of drug-likeness (QED) is 0.581. The largest absolute Gasteiger partial charge is 0.493 e. The second-order valence-corrected chi connectivity index (χ2v) is 8.78. The third-order valence-corrected chi connectivity index (χ3v) is 6.90. The first kappa shape index (κ1) is 23.7. The van der Waals surface area contributed by atoms with E-state index in [1.807, 2.05) is 12.1 Å². The van der Waals surface area contributed by atoms with Gasteiger partial charge in [-0.25, -0.2) is 0 Å². The fourth-order valence-electron chi connectivity index (χ4n) is 5.28. The van der Waals surface area contributed by atoms with Crippen LogP contribution in [-0.4, -0.2) is 62.5 Å². The Bertz CT molecular complexity index is 730. The van der Waals surface area contributed by atoms with Crippen molar-refractivity contribution in [2.24, 2.45) is 5.92 Å². The van der Waals surface area contributed by atoms with Gasteiger partial charge >= 0.3 is 0 Å². The molecule has 1 aliphatic heterocycles. The molecule has 7 nitrogen and oxygen atoms in total.